The van der Waals surface area contributed by atoms with Crippen molar-refractivity contribution in [2.75, 3.05) is 44.2 Å². The molecule has 0 aromatic heterocycles. The number of hydrogen-bond donors (Lipinski definition) is 0. The Hall–Kier alpha value is -1.57. The molecule has 2 unspecified atom stereocenters. The monoisotopic (exact) mass is 328 g/mol. The smallest absolute Gasteiger partial charge is 0.123 e. The van der Waals surface area contributed by atoms with Crippen molar-refractivity contribution in [3.05, 3.63) is 29.8 Å². The van der Waals surface area contributed by atoms with Gasteiger partial charge >= 0.3 is 0 Å². The van der Waals surface area contributed by atoms with E-state index in [0.29, 0.717) is 6.04 Å². The molecule has 0 amide bonds. The lowest BCUT2D eigenvalue weighted by Gasteiger charge is -2.42. The highest BCUT2D eigenvalue weighted by Crippen LogP contribution is 2.26. The normalized spacial score (nSPS) is 20.5. The van der Waals surface area contributed by atoms with Crippen LogP contribution < -0.4 is 4.90 Å². The van der Waals surface area contributed by atoms with Crippen molar-refractivity contribution in [3.8, 4) is 6.07 Å². The van der Waals surface area contributed by atoms with E-state index < -0.39 is 0 Å². The summed E-state index contributed by atoms with van der Waals surface area (Å²) in [5.41, 5.74) is 2.36. The molecule has 132 valence electrons. The van der Waals surface area contributed by atoms with Crippen LogP contribution in [-0.2, 0) is 0 Å². The topological polar surface area (TPSA) is 33.5 Å². The highest BCUT2D eigenvalue weighted by atomic mass is 15.3. The molecular formula is C20H32N4. The molecular weight excluding hydrogens is 296 g/mol. The lowest BCUT2D eigenvalue weighted by Crippen LogP contribution is -2.53. The Morgan fingerprint density at radius 3 is 2.29 bits per heavy atom. The fourth-order valence-corrected chi connectivity index (χ4v) is 3.78. The SMILES string of the molecule is CCC1CN(C(C#N)c2ccc(N(CC)CC)cc2)CCN1CC. The molecule has 0 bridgehead atoms. The first-order valence-electron chi connectivity index (χ1n) is 9.40. The summed E-state index contributed by atoms with van der Waals surface area (Å²) < 4.78 is 0. The van der Waals surface area contributed by atoms with Gasteiger partial charge in [-0.25, -0.2) is 0 Å². The van der Waals surface area contributed by atoms with Crippen molar-refractivity contribution in [2.24, 2.45) is 0 Å². The zero-order valence-electron chi connectivity index (χ0n) is 15.7. The number of likely N-dealkylation sites (N-methyl/N-ethyl adjacent to an activating group) is 1. The summed E-state index contributed by atoms with van der Waals surface area (Å²) in [6.07, 6.45) is 1.14. The van der Waals surface area contributed by atoms with Gasteiger partial charge < -0.3 is 4.90 Å². The fraction of sp³-hybridized carbons (Fsp3) is 0.650. The Morgan fingerprint density at radius 2 is 1.79 bits per heavy atom. The number of piperazine rings is 1. The molecule has 24 heavy (non-hydrogen) atoms. The average molecular weight is 329 g/mol. The van der Waals surface area contributed by atoms with Crippen LogP contribution in [0.2, 0.25) is 0 Å². The molecule has 1 heterocycles. The molecule has 2 rings (SSSR count). The first-order chi connectivity index (χ1) is 11.7. The summed E-state index contributed by atoms with van der Waals surface area (Å²) in [7, 11) is 0. The Balaban J connectivity index is 2.13. The Bertz CT molecular complexity index is 530. The predicted molar refractivity (Wildman–Crippen MR) is 101 cm³/mol. The van der Waals surface area contributed by atoms with Gasteiger partial charge in [-0.05, 0) is 44.5 Å². The molecule has 0 aliphatic carbocycles. The third kappa shape index (κ3) is 4.09. The molecule has 2 atom stereocenters. The van der Waals surface area contributed by atoms with E-state index in [1.54, 1.807) is 0 Å². The van der Waals surface area contributed by atoms with Crippen LogP contribution in [0, 0.1) is 11.3 Å². The summed E-state index contributed by atoms with van der Waals surface area (Å²) >= 11 is 0. The van der Waals surface area contributed by atoms with Gasteiger partial charge in [-0.3, -0.25) is 9.80 Å². The van der Waals surface area contributed by atoms with Crippen LogP contribution >= 0.6 is 0 Å². The van der Waals surface area contributed by atoms with Crippen LogP contribution in [0.25, 0.3) is 0 Å². The molecule has 1 aliphatic heterocycles. The van der Waals surface area contributed by atoms with E-state index in [2.05, 4.69) is 72.7 Å². The summed E-state index contributed by atoms with van der Waals surface area (Å²) in [6, 6.07) is 11.6. The summed E-state index contributed by atoms with van der Waals surface area (Å²) in [4.78, 5) is 7.22. The molecule has 4 heteroatoms. The number of rotatable bonds is 7. The maximum Gasteiger partial charge on any atom is 0.123 e. The van der Waals surface area contributed by atoms with Crippen LogP contribution in [0.4, 0.5) is 5.69 Å². The second-order valence-electron chi connectivity index (χ2n) is 6.48. The van der Waals surface area contributed by atoms with E-state index in [1.165, 1.54) is 5.69 Å². The van der Waals surface area contributed by atoms with Crippen molar-refractivity contribution >= 4 is 5.69 Å². The van der Waals surface area contributed by atoms with Crippen LogP contribution in [0.5, 0.6) is 0 Å². The molecule has 0 spiro atoms. The third-order valence-corrected chi connectivity index (χ3v) is 5.34. The minimum atomic E-state index is -0.135. The fourth-order valence-electron chi connectivity index (χ4n) is 3.78. The molecule has 1 fully saturated rings. The number of hydrogen-bond acceptors (Lipinski definition) is 4. The molecule has 0 saturated carbocycles. The maximum absolute atomic E-state index is 9.77. The molecule has 1 aromatic carbocycles. The zero-order chi connectivity index (χ0) is 17.5. The molecule has 1 aromatic rings. The van der Waals surface area contributed by atoms with Gasteiger partial charge in [0, 0.05) is 44.5 Å². The van der Waals surface area contributed by atoms with Gasteiger partial charge in [0.2, 0.25) is 0 Å². The molecule has 1 aliphatic rings. The molecule has 1 saturated heterocycles. The predicted octanol–water partition coefficient (Wildman–Crippen LogP) is 3.51. The standard InChI is InChI=1S/C20H32N4/c1-5-18-16-24(14-13-23(18)8-4)20(15-21)17-9-11-19(12-10-17)22(6-2)7-3/h9-12,18,20H,5-8,13-14,16H2,1-4H3. The van der Waals surface area contributed by atoms with Gasteiger partial charge in [0.25, 0.3) is 0 Å². The lowest BCUT2D eigenvalue weighted by atomic mass is 10.0. The van der Waals surface area contributed by atoms with Crippen molar-refractivity contribution in [1.29, 1.82) is 5.26 Å². The number of anilines is 1. The van der Waals surface area contributed by atoms with Crippen molar-refractivity contribution in [1.82, 2.24) is 9.80 Å². The van der Waals surface area contributed by atoms with Gasteiger partial charge in [-0.1, -0.05) is 26.0 Å². The van der Waals surface area contributed by atoms with Gasteiger partial charge in [0.15, 0.2) is 0 Å². The van der Waals surface area contributed by atoms with E-state index in [1.807, 2.05) is 0 Å². The Morgan fingerprint density at radius 1 is 1.12 bits per heavy atom. The Kier molecular flexibility index (Phi) is 7.08. The van der Waals surface area contributed by atoms with E-state index in [0.717, 1.165) is 51.3 Å². The number of nitriles is 1. The second kappa shape index (κ2) is 9.05. The third-order valence-electron chi connectivity index (χ3n) is 5.34. The number of nitrogens with zero attached hydrogens (tertiary/aromatic N) is 4. The van der Waals surface area contributed by atoms with Crippen LogP contribution in [0.15, 0.2) is 24.3 Å². The highest BCUT2D eigenvalue weighted by molar-refractivity contribution is 5.48. The minimum Gasteiger partial charge on any atom is -0.372 e. The van der Waals surface area contributed by atoms with Gasteiger partial charge in [-0.2, -0.15) is 5.26 Å². The van der Waals surface area contributed by atoms with Gasteiger partial charge in [0.1, 0.15) is 6.04 Å². The average Bonchev–Trinajstić information content (AvgIpc) is 2.64. The van der Waals surface area contributed by atoms with Gasteiger partial charge in [-0.15, -0.1) is 0 Å². The van der Waals surface area contributed by atoms with E-state index in [9.17, 15) is 5.26 Å². The number of benzene rings is 1. The quantitative estimate of drug-likeness (QED) is 0.767. The largest absolute Gasteiger partial charge is 0.372 e. The zero-order valence-corrected chi connectivity index (χ0v) is 15.7. The summed E-state index contributed by atoms with van der Waals surface area (Å²) in [6.45, 7) is 15.0. The van der Waals surface area contributed by atoms with Crippen molar-refractivity contribution in [3.63, 3.8) is 0 Å². The van der Waals surface area contributed by atoms with E-state index >= 15 is 0 Å². The van der Waals surface area contributed by atoms with E-state index in [4.69, 9.17) is 0 Å². The van der Waals surface area contributed by atoms with Crippen molar-refractivity contribution < 1.29 is 0 Å². The molecule has 4 nitrogen and oxygen atoms in total. The first-order valence-corrected chi connectivity index (χ1v) is 9.40. The molecule has 0 N–H and O–H groups in total. The van der Waals surface area contributed by atoms with Crippen LogP contribution in [-0.4, -0.2) is 55.1 Å². The van der Waals surface area contributed by atoms with Gasteiger partial charge in [0.05, 0.1) is 6.07 Å². The van der Waals surface area contributed by atoms with E-state index in [-0.39, 0.29) is 6.04 Å². The second-order valence-corrected chi connectivity index (χ2v) is 6.48. The molecule has 0 radical (unpaired) electrons. The maximum atomic E-state index is 9.77. The minimum absolute atomic E-state index is 0.135. The highest BCUT2D eigenvalue weighted by Gasteiger charge is 2.29. The van der Waals surface area contributed by atoms with Crippen LogP contribution in [0.1, 0.15) is 45.7 Å². The summed E-state index contributed by atoms with van der Waals surface area (Å²) in [5, 5.41) is 9.77. The van der Waals surface area contributed by atoms with Crippen molar-refractivity contribution in [2.45, 2.75) is 46.2 Å². The summed E-state index contributed by atoms with van der Waals surface area (Å²) in [5.74, 6) is 0. The lowest BCUT2D eigenvalue weighted by molar-refractivity contribution is 0.0623. The first kappa shape index (κ1) is 18.8. The van der Waals surface area contributed by atoms with Crippen LogP contribution in [0.3, 0.4) is 0 Å². The Labute approximate surface area is 147 Å².